The number of nitro groups is 1. The molecule has 0 atom stereocenters. The number of para-hydroxylation sites is 1. The number of fused-ring (bicyclic) bond motifs is 1. The Morgan fingerprint density at radius 3 is 2.53 bits per heavy atom. The van der Waals surface area contributed by atoms with Gasteiger partial charge in [0.25, 0.3) is 5.69 Å². The molecule has 92 valence electrons. The Labute approximate surface area is 110 Å². The predicted octanol–water partition coefficient (Wildman–Crippen LogP) is 4.16. The van der Waals surface area contributed by atoms with E-state index in [1.807, 2.05) is 48.6 Å². The molecule has 3 heteroatoms. The van der Waals surface area contributed by atoms with Gasteiger partial charge in [0.15, 0.2) is 0 Å². The second-order valence-electron chi connectivity index (χ2n) is 4.34. The average Bonchev–Trinajstić information content (AvgIpc) is 2.83. The van der Waals surface area contributed by atoms with Crippen LogP contribution in [0.15, 0.2) is 54.6 Å². The number of hydrogen-bond acceptors (Lipinski definition) is 2. The van der Waals surface area contributed by atoms with Crippen molar-refractivity contribution in [2.75, 3.05) is 0 Å². The van der Waals surface area contributed by atoms with E-state index < -0.39 is 0 Å². The summed E-state index contributed by atoms with van der Waals surface area (Å²) in [6.45, 7) is 0. The second kappa shape index (κ2) is 4.53. The lowest BCUT2D eigenvalue weighted by atomic mass is 10.0. The van der Waals surface area contributed by atoms with Crippen LogP contribution in [-0.4, -0.2) is 4.92 Å². The zero-order valence-corrected chi connectivity index (χ0v) is 10.1. The minimum absolute atomic E-state index is 0.132. The summed E-state index contributed by atoms with van der Waals surface area (Å²) >= 11 is 0. The number of rotatable bonds is 2. The maximum absolute atomic E-state index is 11.0. The van der Waals surface area contributed by atoms with Gasteiger partial charge in [-0.3, -0.25) is 10.1 Å². The molecule has 0 unspecified atom stereocenters. The molecule has 0 saturated heterocycles. The molecule has 0 amide bonds. The lowest BCUT2D eigenvalue weighted by Gasteiger charge is -2.02. The molecule has 0 N–H and O–H groups in total. The molecule has 3 nitrogen and oxygen atoms in total. The van der Waals surface area contributed by atoms with Crippen LogP contribution in [0.3, 0.4) is 0 Å². The van der Waals surface area contributed by atoms with E-state index >= 15 is 0 Å². The SMILES string of the molecule is O=[N+]([O-])c1ccccc1/C=C1\C=Cc2ccccc21. The minimum atomic E-state index is -0.350. The van der Waals surface area contributed by atoms with Gasteiger partial charge in [0.1, 0.15) is 0 Å². The molecular formula is C16H11NO2. The topological polar surface area (TPSA) is 43.1 Å². The van der Waals surface area contributed by atoms with Crippen molar-refractivity contribution in [1.29, 1.82) is 0 Å². The van der Waals surface area contributed by atoms with Gasteiger partial charge in [0.05, 0.1) is 10.5 Å². The van der Waals surface area contributed by atoms with Gasteiger partial charge in [-0.05, 0) is 28.8 Å². The molecule has 0 heterocycles. The molecule has 0 radical (unpaired) electrons. The molecule has 1 aliphatic rings. The van der Waals surface area contributed by atoms with E-state index in [1.165, 1.54) is 6.07 Å². The van der Waals surface area contributed by atoms with Crippen molar-refractivity contribution in [1.82, 2.24) is 0 Å². The van der Waals surface area contributed by atoms with Crippen molar-refractivity contribution < 1.29 is 4.92 Å². The summed E-state index contributed by atoms with van der Waals surface area (Å²) in [5, 5.41) is 11.0. The first-order valence-corrected chi connectivity index (χ1v) is 5.98. The van der Waals surface area contributed by atoms with Crippen molar-refractivity contribution in [2.45, 2.75) is 0 Å². The van der Waals surface area contributed by atoms with Gasteiger partial charge >= 0.3 is 0 Å². The Kier molecular flexibility index (Phi) is 2.72. The van der Waals surface area contributed by atoms with Crippen LogP contribution in [0.5, 0.6) is 0 Å². The molecule has 0 spiro atoms. The van der Waals surface area contributed by atoms with Crippen LogP contribution < -0.4 is 0 Å². The summed E-state index contributed by atoms with van der Waals surface area (Å²) in [5.74, 6) is 0. The highest BCUT2D eigenvalue weighted by molar-refractivity contribution is 5.98. The third kappa shape index (κ3) is 2.06. The minimum Gasteiger partial charge on any atom is -0.258 e. The zero-order valence-electron chi connectivity index (χ0n) is 10.1. The normalized spacial score (nSPS) is 14.6. The van der Waals surface area contributed by atoms with Crippen molar-refractivity contribution in [3.05, 3.63) is 81.4 Å². The Balaban J connectivity index is 2.10. The van der Waals surface area contributed by atoms with E-state index in [4.69, 9.17) is 0 Å². The Morgan fingerprint density at radius 2 is 1.68 bits per heavy atom. The molecule has 0 fully saturated rings. The maximum Gasteiger partial charge on any atom is 0.276 e. The van der Waals surface area contributed by atoms with E-state index in [-0.39, 0.29) is 10.6 Å². The highest BCUT2D eigenvalue weighted by Gasteiger charge is 2.14. The third-order valence-electron chi connectivity index (χ3n) is 3.16. The van der Waals surface area contributed by atoms with Gasteiger partial charge in [0.2, 0.25) is 0 Å². The number of nitrogens with zero attached hydrogens (tertiary/aromatic N) is 1. The summed E-state index contributed by atoms with van der Waals surface area (Å²) < 4.78 is 0. The van der Waals surface area contributed by atoms with Gasteiger partial charge in [-0.2, -0.15) is 0 Å². The Hall–Kier alpha value is -2.68. The zero-order chi connectivity index (χ0) is 13.2. The second-order valence-corrected chi connectivity index (χ2v) is 4.34. The van der Waals surface area contributed by atoms with Gasteiger partial charge in [-0.25, -0.2) is 0 Å². The molecule has 0 aliphatic heterocycles. The van der Waals surface area contributed by atoms with Crippen LogP contribution in [0.4, 0.5) is 5.69 Å². The standard InChI is InChI=1S/C16H11NO2/c18-17(19)16-8-4-2-6-14(16)11-13-10-9-12-5-1-3-7-15(12)13/h1-11H/b13-11+. The van der Waals surface area contributed by atoms with E-state index in [2.05, 4.69) is 0 Å². The molecule has 3 rings (SSSR count). The number of benzene rings is 2. The lowest BCUT2D eigenvalue weighted by Crippen LogP contribution is -1.91. The van der Waals surface area contributed by atoms with E-state index in [0.717, 1.165) is 16.7 Å². The number of allylic oxidation sites excluding steroid dienone is 2. The van der Waals surface area contributed by atoms with Crippen molar-refractivity contribution in [3.63, 3.8) is 0 Å². The quantitative estimate of drug-likeness (QED) is 0.592. The first-order valence-electron chi connectivity index (χ1n) is 5.98. The Bertz CT molecular complexity index is 714. The van der Waals surface area contributed by atoms with Gasteiger partial charge in [-0.1, -0.05) is 48.6 Å². The van der Waals surface area contributed by atoms with E-state index in [0.29, 0.717) is 5.56 Å². The summed E-state index contributed by atoms with van der Waals surface area (Å²) in [5.41, 5.74) is 4.02. The lowest BCUT2D eigenvalue weighted by molar-refractivity contribution is -0.385. The molecule has 0 aromatic heterocycles. The Morgan fingerprint density at radius 1 is 0.947 bits per heavy atom. The first kappa shape index (κ1) is 11.4. The molecule has 19 heavy (non-hydrogen) atoms. The largest absolute Gasteiger partial charge is 0.276 e. The van der Waals surface area contributed by atoms with Crippen molar-refractivity contribution in [3.8, 4) is 0 Å². The van der Waals surface area contributed by atoms with Crippen LogP contribution in [0, 0.1) is 10.1 Å². The summed E-state index contributed by atoms with van der Waals surface area (Å²) in [7, 11) is 0. The highest BCUT2D eigenvalue weighted by Crippen LogP contribution is 2.32. The molecule has 0 saturated carbocycles. The summed E-state index contributed by atoms with van der Waals surface area (Å²) in [6, 6.07) is 14.8. The molecule has 2 aromatic rings. The molecule has 2 aromatic carbocycles. The van der Waals surface area contributed by atoms with Gasteiger partial charge in [0, 0.05) is 6.07 Å². The van der Waals surface area contributed by atoms with Crippen LogP contribution in [0.25, 0.3) is 17.7 Å². The fourth-order valence-electron chi connectivity index (χ4n) is 2.24. The molecule has 0 bridgehead atoms. The van der Waals surface area contributed by atoms with Crippen LogP contribution in [-0.2, 0) is 0 Å². The predicted molar refractivity (Wildman–Crippen MR) is 76.4 cm³/mol. The van der Waals surface area contributed by atoms with Crippen molar-refractivity contribution >= 4 is 23.4 Å². The van der Waals surface area contributed by atoms with Crippen LogP contribution >= 0.6 is 0 Å². The summed E-state index contributed by atoms with van der Waals surface area (Å²) in [4.78, 5) is 10.6. The fourth-order valence-corrected chi connectivity index (χ4v) is 2.24. The fraction of sp³-hybridized carbons (Fsp3) is 0. The third-order valence-corrected chi connectivity index (χ3v) is 3.16. The average molecular weight is 249 g/mol. The highest BCUT2D eigenvalue weighted by atomic mass is 16.6. The van der Waals surface area contributed by atoms with E-state index in [9.17, 15) is 10.1 Å². The van der Waals surface area contributed by atoms with Gasteiger partial charge < -0.3 is 0 Å². The van der Waals surface area contributed by atoms with Gasteiger partial charge in [-0.15, -0.1) is 0 Å². The van der Waals surface area contributed by atoms with Crippen LogP contribution in [0.2, 0.25) is 0 Å². The molecule has 1 aliphatic carbocycles. The van der Waals surface area contributed by atoms with E-state index in [1.54, 1.807) is 12.1 Å². The number of hydrogen-bond donors (Lipinski definition) is 0. The number of nitro benzene ring substituents is 1. The maximum atomic E-state index is 11.0. The van der Waals surface area contributed by atoms with Crippen molar-refractivity contribution in [2.24, 2.45) is 0 Å². The monoisotopic (exact) mass is 249 g/mol. The molecular weight excluding hydrogens is 238 g/mol. The smallest absolute Gasteiger partial charge is 0.258 e. The first-order chi connectivity index (χ1) is 9.25. The summed E-state index contributed by atoms with van der Waals surface area (Å²) in [6.07, 6.45) is 5.87. The van der Waals surface area contributed by atoms with Crippen LogP contribution in [0.1, 0.15) is 16.7 Å².